The van der Waals surface area contributed by atoms with Crippen LogP contribution < -0.4 is 10.1 Å². The largest absolute Gasteiger partial charge is 0.457 e. The van der Waals surface area contributed by atoms with Crippen molar-refractivity contribution in [1.29, 1.82) is 0 Å². The summed E-state index contributed by atoms with van der Waals surface area (Å²) in [5.74, 6) is 1.28. The Bertz CT molecular complexity index is 1140. The summed E-state index contributed by atoms with van der Waals surface area (Å²) < 4.78 is 12.7. The standard InChI is InChI=1S/C22H21N5O3/c1-29-11-10-27-15-17(13-25-27)26-22(28)12-16-2-4-18(5-3-16)30-21-7-9-24-20-14-23-8-6-19(20)21/h2-9,13-15H,10-12H2,1H3,(H,26,28). The number of pyridine rings is 2. The summed E-state index contributed by atoms with van der Waals surface area (Å²) in [6.45, 7) is 1.20. The highest BCUT2D eigenvalue weighted by Crippen LogP contribution is 2.28. The molecule has 0 fully saturated rings. The summed E-state index contributed by atoms with van der Waals surface area (Å²) >= 11 is 0. The van der Waals surface area contributed by atoms with Crippen molar-refractivity contribution in [2.75, 3.05) is 19.0 Å². The number of methoxy groups -OCH3 is 1. The first-order chi connectivity index (χ1) is 14.7. The average molecular weight is 403 g/mol. The van der Waals surface area contributed by atoms with Crippen molar-refractivity contribution in [2.24, 2.45) is 0 Å². The molecule has 1 amide bonds. The van der Waals surface area contributed by atoms with E-state index in [1.807, 2.05) is 36.4 Å². The highest BCUT2D eigenvalue weighted by atomic mass is 16.5. The topological polar surface area (TPSA) is 91.2 Å². The molecule has 1 aromatic carbocycles. The molecule has 0 bridgehead atoms. The lowest BCUT2D eigenvalue weighted by molar-refractivity contribution is -0.115. The number of hydrogen-bond donors (Lipinski definition) is 1. The van der Waals surface area contributed by atoms with Crippen molar-refractivity contribution in [2.45, 2.75) is 13.0 Å². The highest BCUT2D eigenvalue weighted by Gasteiger charge is 2.08. The molecule has 0 aliphatic heterocycles. The van der Waals surface area contributed by atoms with Crippen LogP contribution in [0.15, 0.2) is 67.4 Å². The van der Waals surface area contributed by atoms with Gasteiger partial charge in [0.25, 0.3) is 0 Å². The summed E-state index contributed by atoms with van der Waals surface area (Å²) in [5, 5.41) is 7.93. The third-order valence-electron chi connectivity index (χ3n) is 4.46. The van der Waals surface area contributed by atoms with Crippen molar-refractivity contribution in [3.05, 3.63) is 72.9 Å². The predicted molar refractivity (Wildman–Crippen MR) is 112 cm³/mol. The van der Waals surface area contributed by atoms with Gasteiger partial charge in [-0.05, 0) is 29.8 Å². The number of benzene rings is 1. The van der Waals surface area contributed by atoms with Crippen molar-refractivity contribution in [3.63, 3.8) is 0 Å². The first-order valence-electron chi connectivity index (χ1n) is 9.48. The van der Waals surface area contributed by atoms with Gasteiger partial charge in [0.2, 0.25) is 5.91 Å². The van der Waals surface area contributed by atoms with E-state index in [0.29, 0.717) is 30.3 Å². The van der Waals surface area contributed by atoms with Crippen LogP contribution in [0.4, 0.5) is 5.69 Å². The number of aromatic nitrogens is 4. The van der Waals surface area contributed by atoms with Gasteiger partial charge in [-0.25, -0.2) is 0 Å². The van der Waals surface area contributed by atoms with Crippen molar-refractivity contribution in [3.8, 4) is 11.5 Å². The van der Waals surface area contributed by atoms with E-state index < -0.39 is 0 Å². The minimum absolute atomic E-state index is 0.109. The molecule has 0 atom stereocenters. The van der Waals surface area contributed by atoms with Crippen LogP contribution in [0.3, 0.4) is 0 Å². The fourth-order valence-corrected chi connectivity index (χ4v) is 2.99. The molecule has 0 saturated heterocycles. The van der Waals surface area contributed by atoms with E-state index in [1.54, 1.807) is 42.8 Å². The lowest BCUT2D eigenvalue weighted by Gasteiger charge is -2.09. The predicted octanol–water partition coefficient (Wildman–Crippen LogP) is 3.45. The van der Waals surface area contributed by atoms with E-state index in [1.165, 1.54) is 0 Å². The molecule has 0 aliphatic rings. The number of carbonyl (C=O) groups is 1. The number of amides is 1. The van der Waals surface area contributed by atoms with Gasteiger partial charge in [-0.3, -0.25) is 19.4 Å². The third-order valence-corrected chi connectivity index (χ3v) is 4.46. The number of hydrogen-bond acceptors (Lipinski definition) is 6. The fraction of sp³-hybridized carbons (Fsp3) is 0.182. The zero-order valence-electron chi connectivity index (χ0n) is 16.5. The molecule has 0 spiro atoms. The Morgan fingerprint density at radius 3 is 2.80 bits per heavy atom. The Morgan fingerprint density at radius 2 is 1.97 bits per heavy atom. The first kappa shape index (κ1) is 19.5. The van der Waals surface area contributed by atoms with Gasteiger partial charge >= 0.3 is 0 Å². The minimum atomic E-state index is -0.109. The summed E-state index contributed by atoms with van der Waals surface area (Å²) in [4.78, 5) is 20.7. The lowest BCUT2D eigenvalue weighted by atomic mass is 10.1. The number of fused-ring (bicyclic) bond motifs is 1. The average Bonchev–Trinajstić information content (AvgIpc) is 3.21. The molecular weight excluding hydrogens is 382 g/mol. The molecule has 4 rings (SSSR count). The normalized spacial score (nSPS) is 10.8. The van der Waals surface area contributed by atoms with Gasteiger partial charge in [0, 0.05) is 31.1 Å². The fourth-order valence-electron chi connectivity index (χ4n) is 2.99. The van der Waals surface area contributed by atoms with Crippen LogP contribution in [0.1, 0.15) is 5.56 Å². The van der Waals surface area contributed by atoms with Crippen LogP contribution in [0.2, 0.25) is 0 Å². The van der Waals surface area contributed by atoms with E-state index in [2.05, 4.69) is 20.4 Å². The van der Waals surface area contributed by atoms with Crippen LogP contribution in [0.25, 0.3) is 10.9 Å². The molecule has 4 aromatic rings. The smallest absolute Gasteiger partial charge is 0.228 e. The summed E-state index contributed by atoms with van der Waals surface area (Å²) in [6.07, 6.45) is 8.76. The molecule has 3 heterocycles. The molecular formula is C22H21N5O3. The van der Waals surface area contributed by atoms with Gasteiger partial charge in [0.05, 0.1) is 43.2 Å². The monoisotopic (exact) mass is 403 g/mol. The maximum absolute atomic E-state index is 12.3. The quantitative estimate of drug-likeness (QED) is 0.485. The number of rotatable bonds is 8. The Balaban J connectivity index is 1.36. The first-order valence-corrected chi connectivity index (χ1v) is 9.48. The maximum atomic E-state index is 12.3. The number of carbonyl (C=O) groups excluding carboxylic acids is 1. The van der Waals surface area contributed by atoms with Gasteiger partial charge in [-0.2, -0.15) is 5.10 Å². The van der Waals surface area contributed by atoms with Gasteiger partial charge in [0.1, 0.15) is 11.5 Å². The number of nitrogens with one attached hydrogen (secondary N) is 1. The molecule has 30 heavy (non-hydrogen) atoms. The summed E-state index contributed by atoms with van der Waals surface area (Å²) in [6, 6.07) is 11.1. The molecule has 3 aromatic heterocycles. The SMILES string of the molecule is COCCn1cc(NC(=O)Cc2ccc(Oc3ccnc4cnccc34)cc2)cn1. The molecule has 0 unspecified atom stereocenters. The molecule has 1 N–H and O–H groups in total. The third kappa shape index (κ3) is 4.79. The van der Waals surface area contributed by atoms with Crippen molar-refractivity contribution >= 4 is 22.5 Å². The summed E-state index contributed by atoms with van der Waals surface area (Å²) in [7, 11) is 1.64. The van der Waals surface area contributed by atoms with Crippen LogP contribution in [-0.4, -0.2) is 39.4 Å². The van der Waals surface area contributed by atoms with Crippen LogP contribution in [-0.2, 0) is 22.5 Å². The second-order valence-electron chi connectivity index (χ2n) is 6.66. The molecule has 0 radical (unpaired) electrons. The van der Waals surface area contributed by atoms with E-state index in [9.17, 15) is 4.79 Å². The minimum Gasteiger partial charge on any atom is -0.457 e. The Hall–Kier alpha value is -3.78. The Labute approximate surface area is 173 Å². The van der Waals surface area contributed by atoms with E-state index in [-0.39, 0.29) is 12.3 Å². The van der Waals surface area contributed by atoms with E-state index in [0.717, 1.165) is 16.5 Å². The van der Waals surface area contributed by atoms with Crippen molar-refractivity contribution < 1.29 is 14.3 Å². The van der Waals surface area contributed by atoms with Gasteiger partial charge in [-0.1, -0.05) is 12.1 Å². The second kappa shape index (κ2) is 9.15. The van der Waals surface area contributed by atoms with Crippen molar-refractivity contribution in [1.82, 2.24) is 19.7 Å². The van der Waals surface area contributed by atoms with Crippen LogP contribution in [0, 0.1) is 0 Å². The molecule has 0 aliphatic carbocycles. The van der Waals surface area contributed by atoms with E-state index >= 15 is 0 Å². The highest BCUT2D eigenvalue weighted by molar-refractivity contribution is 5.92. The van der Waals surface area contributed by atoms with Crippen LogP contribution in [0.5, 0.6) is 11.5 Å². The molecule has 152 valence electrons. The molecule has 8 nitrogen and oxygen atoms in total. The summed E-state index contributed by atoms with van der Waals surface area (Å²) in [5.41, 5.74) is 2.32. The van der Waals surface area contributed by atoms with Gasteiger partial charge in [0.15, 0.2) is 0 Å². The second-order valence-corrected chi connectivity index (χ2v) is 6.66. The number of nitrogens with zero attached hydrogens (tertiary/aromatic N) is 4. The maximum Gasteiger partial charge on any atom is 0.228 e. The van der Waals surface area contributed by atoms with E-state index in [4.69, 9.17) is 9.47 Å². The Morgan fingerprint density at radius 1 is 1.10 bits per heavy atom. The Kier molecular flexibility index (Phi) is 5.95. The molecule has 0 saturated carbocycles. The zero-order valence-corrected chi connectivity index (χ0v) is 16.5. The number of anilines is 1. The van der Waals surface area contributed by atoms with Crippen LogP contribution >= 0.6 is 0 Å². The van der Waals surface area contributed by atoms with Gasteiger partial charge in [-0.15, -0.1) is 0 Å². The molecule has 8 heteroatoms. The zero-order chi connectivity index (χ0) is 20.8. The van der Waals surface area contributed by atoms with Gasteiger partial charge < -0.3 is 14.8 Å². The lowest BCUT2D eigenvalue weighted by Crippen LogP contribution is -2.14. The number of ether oxygens (including phenoxy) is 2.